The Hall–Kier alpha value is -2.23. The highest BCUT2D eigenvalue weighted by Gasteiger charge is 2.24. The van der Waals surface area contributed by atoms with E-state index in [4.69, 9.17) is 22.9 Å². The topological polar surface area (TPSA) is 84.0 Å². The van der Waals surface area contributed by atoms with E-state index in [-0.39, 0.29) is 0 Å². The lowest BCUT2D eigenvalue weighted by molar-refractivity contribution is 0.341. The summed E-state index contributed by atoms with van der Waals surface area (Å²) in [4.78, 5) is 11.7. The number of nitrogens with zero attached hydrogens (tertiary/aromatic N) is 4. The lowest BCUT2D eigenvalue weighted by Gasteiger charge is -2.18. The molecule has 0 amide bonds. The fourth-order valence-electron chi connectivity index (χ4n) is 3.50. The number of thiazole rings is 1. The number of hydrogen-bond acceptors (Lipinski definition) is 6. The molecular weight excluding hydrogens is 378 g/mol. The molecule has 4 rings (SSSR count). The van der Waals surface area contributed by atoms with Gasteiger partial charge in [-0.25, -0.2) is 9.97 Å². The van der Waals surface area contributed by atoms with Gasteiger partial charge in [0.2, 0.25) is 5.95 Å². The van der Waals surface area contributed by atoms with E-state index in [1.807, 2.05) is 11.6 Å². The predicted octanol–water partition coefficient (Wildman–Crippen LogP) is 1.86. The summed E-state index contributed by atoms with van der Waals surface area (Å²) in [6.45, 7) is 4.48. The van der Waals surface area contributed by atoms with Crippen molar-refractivity contribution in [2.45, 2.75) is 19.0 Å². The zero-order chi connectivity index (χ0) is 18.6. The largest absolute Gasteiger partial charge is 0.376 e. The highest BCUT2D eigenvalue weighted by molar-refractivity contribution is 7.80. The van der Waals surface area contributed by atoms with Crippen LogP contribution in [0.4, 0.5) is 5.95 Å². The van der Waals surface area contributed by atoms with E-state index in [1.165, 1.54) is 0 Å². The Kier molecular flexibility index (Phi) is 5.51. The molecule has 1 aliphatic heterocycles. The van der Waals surface area contributed by atoms with E-state index in [0.29, 0.717) is 11.2 Å². The molecule has 3 heterocycles. The standard InChI is InChI=1S/C18H23N7S2/c19-17(26)20-6-8-24-7-5-13(9-24)22-18-23-15-3-1-2-4-16(15)25(18)10-14-11-27-12-21-14/h1-4,11-13H,5-10H2,(H,22,23)(H3,19,20,26). The summed E-state index contributed by atoms with van der Waals surface area (Å²) in [5.74, 6) is 0.914. The van der Waals surface area contributed by atoms with Crippen molar-refractivity contribution in [1.29, 1.82) is 0 Å². The molecule has 4 N–H and O–H groups in total. The molecule has 1 saturated heterocycles. The van der Waals surface area contributed by atoms with Crippen LogP contribution in [-0.2, 0) is 6.54 Å². The second-order valence-electron chi connectivity index (χ2n) is 6.71. The molecule has 142 valence electrons. The summed E-state index contributed by atoms with van der Waals surface area (Å²) in [5.41, 5.74) is 10.6. The Bertz CT molecular complexity index is 906. The number of hydrogen-bond donors (Lipinski definition) is 3. The van der Waals surface area contributed by atoms with E-state index >= 15 is 0 Å². The van der Waals surface area contributed by atoms with Crippen molar-refractivity contribution in [2.24, 2.45) is 5.73 Å². The summed E-state index contributed by atoms with van der Waals surface area (Å²) >= 11 is 6.48. The molecule has 1 fully saturated rings. The van der Waals surface area contributed by atoms with Crippen LogP contribution in [0.2, 0.25) is 0 Å². The van der Waals surface area contributed by atoms with Gasteiger partial charge >= 0.3 is 0 Å². The first kappa shape index (κ1) is 18.1. The van der Waals surface area contributed by atoms with E-state index in [0.717, 1.165) is 61.8 Å². The molecule has 1 atom stereocenters. The molecule has 0 spiro atoms. The SMILES string of the molecule is NC(=S)NCCN1CCC(Nc2nc3ccccc3n2Cc2cscn2)C1. The molecule has 0 saturated carbocycles. The molecule has 27 heavy (non-hydrogen) atoms. The van der Waals surface area contributed by atoms with Crippen LogP contribution in [0.15, 0.2) is 35.2 Å². The van der Waals surface area contributed by atoms with Gasteiger partial charge in [0.1, 0.15) is 0 Å². The summed E-state index contributed by atoms with van der Waals surface area (Å²) in [5, 5.41) is 9.12. The molecule has 3 aromatic rings. The van der Waals surface area contributed by atoms with Crippen molar-refractivity contribution < 1.29 is 0 Å². The van der Waals surface area contributed by atoms with Crippen LogP contribution in [0.5, 0.6) is 0 Å². The fourth-order valence-corrected chi connectivity index (χ4v) is 4.15. The van der Waals surface area contributed by atoms with Crippen molar-refractivity contribution >= 4 is 45.6 Å². The van der Waals surface area contributed by atoms with Gasteiger partial charge in [-0.1, -0.05) is 12.1 Å². The number of nitrogens with two attached hydrogens (primary N) is 1. The molecule has 0 bridgehead atoms. The van der Waals surface area contributed by atoms with Crippen LogP contribution in [0.3, 0.4) is 0 Å². The van der Waals surface area contributed by atoms with Crippen LogP contribution < -0.4 is 16.4 Å². The second kappa shape index (κ2) is 8.20. The number of fused-ring (bicyclic) bond motifs is 1. The summed E-state index contributed by atoms with van der Waals surface area (Å²) < 4.78 is 2.22. The van der Waals surface area contributed by atoms with Gasteiger partial charge in [0.05, 0.1) is 28.8 Å². The molecule has 1 aliphatic rings. The van der Waals surface area contributed by atoms with Crippen LogP contribution in [-0.4, -0.2) is 56.8 Å². The summed E-state index contributed by atoms with van der Waals surface area (Å²) in [6, 6.07) is 8.62. The zero-order valence-electron chi connectivity index (χ0n) is 15.0. The minimum Gasteiger partial charge on any atom is -0.376 e. The second-order valence-corrected chi connectivity index (χ2v) is 7.87. The Morgan fingerprint density at radius 1 is 1.37 bits per heavy atom. The Morgan fingerprint density at radius 2 is 2.26 bits per heavy atom. The number of nitrogens with one attached hydrogen (secondary N) is 2. The number of benzene rings is 1. The average molecular weight is 402 g/mol. The fraction of sp³-hybridized carbons (Fsp3) is 0.389. The molecule has 2 aromatic heterocycles. The minimum atomic E-state index is 0.361. The normalized spacial score (nSPS) is 17.4. The predicted molar refractivity (Wildman–Crippen MR) is 114 cm³/mol. The molecule has 9 heteroatoms. The van der Waals surface area contributed by atoms with E-state index in [2.05, 4.69) is 48.7 Å². The molecule has 7 nitrogen and oxygen atoms in total. The van der Waals surface area contributed by atoms with Gasteiger partial charge in [-0.15, -0.1) is 11.3 Å². The maximum atomic E-state index is 5.49. The van der Waals surface area contributed by atoms with Crippen molar-refractivity contribution in [3.8, 4) is 0 Å². The first-order chi connectivity index (χ1) is 13.2. The summed E-state index contributed by atoms with van der Waals surface area (Å²) in [7, 11) is 0. The van der Waals surface area contributed by atoms with Crippen molar-refractivity contribution in [3.63, 3.8) is 0 Å². The van der Waals surface area contributed by atoms with Gasteiger partial charge in [0, 0.05) is 37.6 Å². The smallest absolute Gasteiger partial charge is 0.204 e. The van der Waals surface area contributed by atoms with E-state index in [1.54, 1.807) is 11.3 Å². The number of anilines is 1. The highest BCUT2D eigenvalue weighted by atomic mass is 32.1. The first-order valence-electron chi connectivity index (χ1n) is 9.03. The third-order valence-corrected chi connectivity index (χ3v) is 5.57. The van der Waals surface area contributed by atoms with Gasteiger partial charge in [0.25, 0.3) is 0 Å². The van der Waals surface area contributed by atoms with Gasteiger partial charge in [-0.05, 0) is 30.8 Å². The molecule has 1 aromatic carbocycles. The van der Waals surface area contributed by atoms with E-state index in [9.17, 15) is 0 Å². The van der Waals surface area contributed by atoms with Gasteiger partial charge in [0.15, 0.2) is 5.11 Å². The number of imidazole rings is 1. The quantitative estimate of drug-likeness (QED) is 0.521. The van der Waals surface area contributed by atoms with Crippen LogP contribution in [0, 0.1) is 0 Å². The van der Waals surface area contributed by atoms with Gasteiger partial charge in [-0.2, -0.15) is 0 Å². The number of para-hydroxylation sites is 2. The number of likely N-dealkylation sites (tertiary alicyclic amines) is 1. The maximum absolute atomic E-state index is 5.49. The van der Waals surface area contributed by atoms with Crippen molar-refractivity contribution in [3.05, 3.63) is 40.8 Å². The van der Waals surface area contributed by atoms with Crippen LogP contribution in [0.1, 0.15) is 12.1 Å². The number of aromatic nitrogens is 3. The van der Waals surface area contributed by atoms with Gasteiger partial charge < -0.3 is 20.9 Å². The van der Waals surface area contributed by atoms with Crippen molar-refractivity contribution in [1.82, 2.24) is 24.8 Å². The molecule has 1 unspecified atom stereocenters. The maximum Gasteiger partial charge on any atom is 0.204 e. The molecular formula is C18H23N7S2. The van der Waals surface area contributed by atoms with Crippen molar-refractivity contribution in [2.75, 3.05) is 31.5 Å². The summed E-state index contributed by atoms with van der Waals surface area (Å²) in [6.07, 6.45) is 1.09. The number of thiocarbonyl (C=S) groups is 1. The third-order valence-electron chi connectivity index (χ3n) is 4.79. The van der Waals surface area contributed by atoms with Gasteiger partial charge in [-0.3, -0.25) is 4.90 Å². The first-order valence-corrected chi connectivity index (χ1v) is 10.4. The third kappa shape index (κ3) is 4.37. The number of rotatable bonds is 7. The van der Waals surface area contributed by atoms with E-state index < -0.39 is 0 Å². The highest BCUT2D eigenvalue weighted by Crippen LogP contribution is 2.23. The Labute approximate surface area is 167 Å². The van der Waals surface area contributed by atoms with Crippen LogP contribution in [0.25, 0.3) is 11.0 Å². The lowest BCUT2D eigenvalue weighted by Crippen LogP contribution is -2.37. The average Bonchev–Trinajstić information content (AvgIpc) is 3.37. The van der Waals surface area contributed by atoms with Crippen LogP contribution >= 0.6 is 23.6 Å². The lowest BCUT2D eigenvalue weighted by atomic mass is 10.3. The molecule has 0 aliphatic carbocycles. The zero-order valence-corrected chi connectivity index (χ0v) is 16.6. The monoisotopic (exact) mass is 401 g/mol. The minimum absolute atomic E-state index is 0.361. The Balaban J connectivity index is 1.46. The molecule has 0 radical (unpaired) electrons. The Morgan fingerprint density at radius 3 is 3.07 bits per heavy atom.